The van der Waals surface area contributed by atoms with Crippen molar-refractivity contribution in [3.8, 4) is 0 Å². The van der Waals surface area contributed by atoms with Gasteiger partial charge in [-0.1, -0.05) is 11.8 Å². The largest absolute Gasteiger partial charge is 0.269 e. The number of hydrogen-bond acceptors (Lipinski definition) is 5. The van der Waals surface area contributed by atoms with E-state index in [1.165, 1.54) is 23.9 Å². The van der Waals surface area contributed by atoms with Crippen molar-refractivity contribution in [3.63, 3.8) is 0 Å². The molecule has 7 heteroatoms. The lowest BCUT2D eigenvalue weighted by molar-refractivity contribution is -0.384. The van der Waals surface area contributed by atoms with Gasteiger partial charge in [-0.25, -0.2) is 9.97 Å². The van der Waals surface area contributed by atoms with Gasteiger partial charge in [-0.3, -0.25) is 10.1 Å². The number of rotatable bonds is 4. The summed E-state index contributed by atoms with van der Waals surface area (Å²) in [5.74, 6) is 1.37. The maximum atomic E-state index is 10.6. The van der Waals surface area contributed by atoms with Gasteiger partial charge in [-0.05, 0) is 40.9 Å². The second-order valence-electron chi connectivity index (χ2n) is 4.51. The van der Waals surface area contributed by atoms with Crippen molar-refractivity contribution in [1.82, 2.24) is 9.97 Å². The van der Waals surface area contributed by atoms with E-state index in [1.807, 2.05) is 6.07 Å². The third-order valence-corrected chi connectivity index (χ3v) is 4.23. The normalized spacial score (nSPS) is 14.2. The molecule has 0 amide bonds. The van der Waals surface area contributed by atoms with Crippen LogP contribution in [0, 0.1) is 10.1 Å². The summed E-state index contributed by atoms with van der Waals surface area (Å²) in [6.45, 7) is 0. The van der Waals surface area contributed by atoms with Crippen LogP contribution in [0.3, 0.4) is 0 Å². The van der Waals surface area contributed by atoms with Crippen LogP contribution in [0.1, 0.15) is 24.6 Å². The third kappa shape index (κ3) is 3.16. The number of nitrogens with zero attached hydrogens (tertiary/aromatic N) is 3. The molecule has 0 spiro atoms. The highest BCUT2D eigenvalue weighted by molar-refractivity contribution is 9.10. The van der Waals surface area contributed by atoms with Crippen LogP contribution in [0.25, 0.3) is 0 Å². The Morgan fingerprint density at radius 1 is 1.25 bits per heavy atom. The molecule has 0 bridgehead atoms. The predicted molar refractivity (Wildman–Crippen MR) is 78.9 cm³/mol. The molecule has 102 valence electrons. The predicted octanol–water partition coefficient (Wildman–Crippen LogP) is 4.18. The molecule has 1 aliphatic rings. The molecule has 1 aromatic carbocycles. The van der Waals surface area contributed by atoms with Crippen LogP contribution in [0.5, 0.6) is 0 Å². The van der Waals surface area contributed by atoms with E-state index in [-0.39, 0.29) is 5.69 Å². The summed E-state index contributed by atoms with van der Waals surface area (Å²) in [7, 11) is 0. The van der Waals surface area contributed by atoms with Gasteiger partial charge in [0.1, 0.15) is 15.5 Å². The van der Waals surface area contributed by atoms with E-state index in [2.05, 4.69) is 25.9 Å². The quantitative estimate of drug-likeness (QED) is 0.469. The lowest BCUT2D eigenvalue weighted by Gasteiger charge is -2.04. The van der Waals surface area contributed by atoms with Gasteiger partial charge in [-0.15, -0.1) is 0 Å². The average Bonchev–Trinajstić information content (AvgIpc) is 3.23. The lowest BCUT2D eigenvalue weighted by atomic mass is 10.3. The molecule has 0 radical (unpaired) electrons. The second kappa shape index (κ2) is 5.49. The van der Waals surface area contributed by atoms with Crippen LogP contribution in [0.15, 0.2) is 44.9 Å². The molecule has 5 nitrogen and oxygen atoms in total. The fourth-order valence-electron chi connectivity index (χ4n) is 1.75. The van der Waals surface area contributed by atoms with E-state index >= 15 is 0 Å². The Morgan fingerprint density at radius 2 is 1.95 bits per heavy atom. The van der Waals surface area contributed by atoms with Gasteiger partial charge in [-0.2, -0.15) is 0 Å². The van der Waals surface area contributed by atoms with Gasteiger partial charge in [0.2, 0.25) is 0 Å². The Hall–Kier alpha value is -1.47. The van der Waals surface area contributed by atoms with Gasteiger partial charge < -0.3 is 0 Å². The summed E-state index contributed by atoms with van der Waals surface area (Å²) in [6.07, 6.45) is 2.30. The van der Waals surface area contributed by atoms with Crippen molar-refractivity contribution in [2.45, 2.75) is 28.7 Å². The van der Waals surface area contributed by atoms with Crippen molar-refractivity contribution >= 4 is 33.4 Å². The minimum atomic E-state index is -0.402. The zero-order valence-corrected chi connectivity index (χ0v) is 12.7. The van der Waals surface area contributed by atoms with E-state index in [0.29, 0.717) is 5.92 Å². The summed E-state index contributed by atoms with van der Waals surface area (Å²) in [5.41, 5.74) is 0.0943. The van der Waals surface area contributed by atoms with Crippen molar-refractivity contribution in [2.24, 2.45) is 0 Å². The van der Waals surface area contributed by atoms with Gasteiger partial charge >= 0.3 is 0 Å². The Labute approximate surface area is 128 Å². The van der Waals surface area contributed by atoms with Gasteiger partial charge in [0.05, 0.1) is 4.92 Å². The third-order valence-electron chi connectivity index (χ3n) is 2.90. The molecule has 1 saturated carbocycles. The molecule has 20 heavy (non-hydrogen) atoms. The number of nitro groups is 1. The first kappa shape index (κ1) is 13.5. The molecule has 1 fully saturated rings. The SMILES string of the molecule is O=[N+]([O-])c1ccc(Sc2cc(Br)nc(C3CC3)n2)cc1. The van der Waals surface area contributed by atoms with Gasteiger partial charge in [0.15, 0.2) is 0 Å². The average molecular weight is 352 g/mol. The van der Waals surface area contributed by atoms with E-state index in [9.17, 15) is 10.1 Å². The van der Waals surface area contributed by atoms with Crippen LogP contribution < -0.4 is 0 Å². The first-order valence-corrected chi connectivity index (χ1v) is 7.69. The molecule has 0 N–H and O–H groups in total. The summed E-state index contributed by atoms with van der Waals surface area (Å²) in [6, 6.07) is 8.32. The fraction of sp³-hybridized carbons (Fsp3) is 0.231. The highest BCUT2D eigenvalue weighted by Crippen LogP contribution is 2.39. The van der Waals surface area contributed by atoms with Crippen molar-refractivity contribution in [3.05, 3.63) is 50.9 Å². The van der Waals surface area contributed by atoms with E-state index in [4.69, 9.17) is 0 Å². The van der Waals surface area contributed by atoms with Crippen LogP contribution in [-0.2, 0) is 0 Å². The molecule has 1 aromatic heterocycles. The fourth-order valence-corrected chi connectivity index (χ4v) is 3.12. The molecule has 0 aliphatic heterocycles. The summed E-state index contributed by atoms with van der Waals surface area (Å²) in [5, 5.41) is 11.5. The molecular weight excluding hydrogens is 342 g/mol. The first-order valence-electron chi connectivity index (χ1n) is 6.08. The Kier molecular flexibility index (Phi) is 3.71. The van der Waals surface area contributed by atoms with Crippen molar-refractivity contribution < 1.29 is 4.92 Å². The maximum Gasteiger partial charge on any atom is 0.269 e. The Bertz CT molecular complexity index is 659. The van der Waals surface area contributed by atoms with Gasteiger partial charge in [0.25, 0.3) is 5.69 Å². The molecule has 1 aliphatic carbocycles. The number of halogens is 1. The molecule has 1 heterocycles. The van der Waals surface area contributed by atoms with E-state index in [1.54, 1.807) is 12.1 Å². The number of non-ortho nitro benzene ring substituents is 1. The number of aromatic nitrogens is 2. The molecular formula is C13H10BrN3O2S. The minimum Gasteiger partial charge on any atom is -0.258 e. The number of hydrogen-bond donors (Lipinski definition) is 0. The Balaban J connectivity index is 1.81. The van der Waals surface area contributed by atoms with E-state index < -0.39 is 4.92 Å². The first-order chi connectivity index (χ1) is 9.61. The monoisotopic (exact) mass is 351 g/mol. The molecule has 2 aromatic rings. The Morgan fingerprint density at radius 3 is 2.55 bits per heavy atom. The van der Waals surface area contributed by atoms with E-state index in [0.717, 1.165) is 33.2 Å². The highest BCUT2D eigenvalue weighted by Gasteiger charge is 2.27. The molecule has 3 rings (SSSR count). The second-order valence-corrected chi connectivity index (χ2v) is 6.42. The number of benzene rings is 1. The van der Waals surface area contributed by atoms with Crippen molar-refractivity contribution in [1.29, 1.82) is 0 Å². The maximum absolute atomic E-state index is 10.6. The lowest BCUT2D eigenvalue weighted by Crippen LogP contribution is -1.94. The zero-order valence-electron chi connectivity index (χ0n) is 10.3. The minimum absolute atomic E-state index is 0.0943. The van der Waals surface area contributed by atoms with Crippen molar-refractivity contribution in [2.75, 3.05) is 0 Å². The van der Waals surface area contributed by atoms with Crippen LogP contribution in [0.2, 0.25) is 0 Å². The van der Waals surface area contributed by atoms with Gasteiger partial charge in [0, 0.05) is 29.0 Å². The summed E-state index contributed by atoms with van der Waals surface area (Å²) in [4.78, 5) is 20.0. The molecule has 0 saturated heterocycles. The number of nitro benzene ring substituents is 1. The standard InChI is InChI=1S/C13H10BrN3O2S/c14-11-7-12(16-13(15-11)8-1-2-8)20-10-5-3-9(4-6-10)17(18)19/h3-8H,1-2H2. The van der Waals surface area contributed by atoms with Crippen LogP contribution >= 0.6 is 27.7 Å². The van der Waals surface area contributed by atoms with Crippen LogP contribution in [-0.4, -0.2) is 14.9 Å². The van der Waals surface area contributed by atoms with Crippen LogP contribution in [0.4, 0.5) is 5.69 Å². The zero-order chi connectivity index (χ0) is 14.1. The summed E-state index contributed by atoms with van der Waals surface area (Å²) < 4.78 is 0.777. The molecule has 0 atom stereocenters. The molecule has 0 unspecified atom stereocenters. The smallest absolute Gasteiger partial charge is 0.258 e. The highest BCUT2D eigenvalue weighted by atomic mass is 79.9. The summed E-state index contributed by atoms with van der Waals surface area (Å²) >= 11 is 4.88. The topological polar surface area (TPSA) is 68.9 Å².